The van der Waals surface area contributed by atoms with Crippen LogP contribution in [0.15, 0.2) is 24.3 Å². The largest absolute Gasteiger partial charge is 0.497 e. The number of nitrogens with one attached hydrogen (secondary N) is 2. The molecule has 1 heterocycles. The molecule has 1 unspecified atom stereocenters. The molecule has 0 aromatic heterocycles. The van der Waals surface area contributed by atoms with E-state index in [-0.39, 0.29) is 24.4 Å². The highest BCUT2D eigenvalue weighted by atomic mass is 35.5. The summed E-state index contributed by atoms with van der Waals surface area (Å²) in [6, 6.07) is 7.35. The smallest absolute Gasteiger partial charge is 0.241 e. The Kier molecular flexibility index (Phi) is 9.11. The highest BCUT2D eigenvalue weighted by molar-refractivity contribution is 5.94. The topological polar surface area (TPSA) is 53.6 Å². The minimum atomic E-state index is -0.0950. The Hall–Kier alpha value is -1.30. The predicted molar refractivity (Wildman–Crippen MR) is 101 cm³/mol. The maximum atomic E-state index is 12.4. The third-order valence-electron chi connectivity index (χ3n) is 4.74. The summed E-state index contributed by atoms with van der Waals surface area (Å²) in [7, 11) is 3.64. The zero-order valence-corrected chi connectivity index (χ0v) is 15.7. The molecule has 1 fully saturated rings. The maximum absolute atomic E-state index is 12.4. The van der Waals surface area contributed by atoms with Crippen LogP contribution in [0.2, 0.25) is 0 Å². The van der Waals surface area contributed by atoms with Crippen molar-refractivity contribution >= 4 is 24.0 Å². The van der Waals surface area contributed by atoms with Crippen molar-refractivity contribution in [3.8, 4) is 5.75 Å². The lowest BCUT2D eigenvalue weighted by molar-refractivity contribution is -0.121. The first-order valence-electron chi connectivity index (χ1n) is 8.47. The van der Waals surface area contributed by atoms with Gasteiger partial charge in [0.1, 0.15) is 5.75 Å². The number of nitrogens with zero attached hydrogens (tertiary/aromatic N) is 1. The van der Waals surface area contributed by atoms with E-state index in [9.17, 15) is 4.79 Å². The predicted octanol–water partition coefficient (Wildman–Crippen LogP) is 2.77. The number of carbonyl (C=O) groups is 1. The second-order valence-corrected chi connectivity index (χ2v) is 6.27. The van der Waals surface area contributed by atoms with Gasteiger partial charge in [-0.2, -0.15) is 0 Å². The Morgan fingerprint density at radius 1 is 1.29 bits per heavy atom. The van der Waals surface area contributed by atoms with Crippen molar-refractivity contribution in [3.63, 3.8) is 0 Å². The van der Waals surface area contributed by atoms with Gasteiger partial charge in [0.2, 0.25) is 5.91 Å². The van der Waals surface area contributed by atoms with Gasteiger partial charge in [-0.15, -0.1) is 12.4 Å². The van der Waals surface area contributed by atoms with Crippen molar-refractivity contribution in [2.45, 2.75) is 32.2 Å². The number of rotatable bonds is 7. The van der Waals surface area contributed by atoms with Gasteiger partial charge in [0, 0.05) is 5.69 Å². The van der Waals surface area contributed by atoms with E-state index in [1.54, 1.807) is 7.11 Å². The lowest BCUT2D eigenvalue weighted by Crippen LogP contribution is -2.46. The summed E-state index contributed by atoms with van der Waals surface area (Å²) in [4.78, 5) is 14.7. The highest BCUT2D eigenvalue weighted by Gasteiger charge is 2.26. The van der Waals surface area contributed by atoms with E-state index in [0.29, 0.717) is 0 Å². The number of likely N-dealkylation sites (tertiary alicyclic amines) is 1. The molecule has 6 heteroatoms. The summed E-state index contributed by atoms with van der Waals surface area (Å²) in [5.74, 6) is 1.64. The third-order valence-corrected chi connectivity index (χ3v) is 4.74. The Labute approximate surface area is 151 Å². The van der Waals surface area contributed by atoms with E-state index < -0.39 is 0 Å². The first-order valence-corrected chi connectivity index (χ1v) is 8.47. The minimum absolute atomic E-state index is 0. The Morgan fingerprint density at radius 2 is 1.92 bits per heavy atom. The molecule has 0 saturated carbocycles. The summed E-state index contributed by atoms with van der Waals surface area (Å²) < 4.78 is 5.13. The number of carbonyl (C=O) groups excluding carboxylic acids is 1. The van der Waals surface area contributed by atoms with Crippen LogP contribution in [0.4, 0.5) is 5.69 Å². The molecular weight excluding hydrogens is 326 g/mol. The molecule has 0 bridgehead atoms. The van der Waals surface area contributed by atoms with Crippen LogP contribution in [-0.4, -0.2) is 50.6 Å². The monoisotopic (exact) mass is 355 g/mol. The fraction of sp³-hybridized carbons (Fsp3) is 0.611. The Bertz CT molecular complexity index is 488. The number of anilines is 1. The molecule has 1 amide bonds. The zero-order valence-electron chi connectivity index (χ0n) is 14.9. The maximum Gasteiger partial charge on any atom is 0.241 e. The molecule has 1 aromatic rings. The van der Waals surface area contributed by atoms with Gasteiger partial charge in [0.15, 0.2) is 0 Å². The van der Waals surface area contributed by atoms with Crippen LogP contribution in [0.5, 0.6) is 5.75 Å². The van der Waals surface area contributed by atoms with Crippen LogP contribution < -0.4 is 15.4 Å². The van der Waals surface area contributed by atoms with Gasteiger partial charge in [-0.05, 0) is 83.1 Å². The van der Waals surface area contributed by atoms with E-state index in [0.717, 1.165) is 37.0 Å². The molecule has 2 rings (SSSR count). The number of methoxy groups -OCH3 is 1. The molecule has 0 radical (unpaired) electrons. The van der Waals surface area contributed by atoms with Crippen LogP contribution in [0.1, 0.15) is 26.2 Å². The van der Waals surface area contributed by atoms with Gasteiger partial charge < -0.3 is 15.4 Å². The second kappa shape index (κ2) is 10.5. The van der Waals surface area contributed by atoms with Crippen molar-refractivity contribution in [3.05, 3.63) is 24.3 Å². The van der Waals surface area contributed by atoms with Crippen LogP contribution in [0.25, 0.3) is 0 Å². The fourth-order valence-electron chi connectivity index (χ4n) is 3.06. The van der Waals surface area contributed by atoms with Gasteiger partial charge in [-0.25, -0.2) is 0 Å². The minimum Gasteiger partial charge on any atom is -0.497 e. The molecule has 1 saturated heterocycles. The first kappa shape index (κ1) is 20.7. The number of hydrogen-bond acceptors (Lipinski definition) is 4. The number of halogens is 1. The van der Waals surface area contributed by atoms with Crippen molar-refractivity contribution in [2.24, 2.45) is 5.92 Å². The fourth-order valence-corrected chi connectivity index (χ4v) is 3.06. The summed E-state index contributed by atoms with van der Waals surface area (Å²) in [6.07, 6.45) is 3.60. The SMILES string of the molecule is CNCCC1CCN(C(C)C(=O)Nc2ccc(OC)cc2)CC1.Cl. The van der Waals surface area contributed by atoms with Gasteiger partial charge in [-0.3, -0.25) is 9.69 Å². The molecule has 1 atom stereocenters. The molecule has 24 heavy (non-hydrogen) atoms. The van der Waals surface area contributed by atoms with E-state index >= 15 is 0 Å². The molecule has 5 nitrogen and oxygen atoms in total. The van der Waals surface area contributed by atoms with Crippen LogP contribution >= 0.6 is 12.4 Å². The highest BCUT2D eigenvalue weighted by Crippen LogP contribution is 2.22. The quantitative estimate of drug-likeness (QED) is 0.789. The molecule has 136 valence electrons. The standard InChI is InChI=1S/C18H29N3O2.ClH/c1-14(21-12-9-15(10-13-21)8-11-19-2)18(22)20-16-4-6-17(23-3)7-5-16;/h4-7,14-15,19H,8-13H2,1-3H3,(H,20,22);1H. The van der Waals surface area contributed by atoms with E-state index in [1.807, 2.05) is 38.2 Å². The molecule has 1 aromatic carbocycles. The lowest BCUT2D eigenvalue weighted by atomic mass is 9.93. The number of ether oxygens (including phenoxy) is 1. The van der Waals surface area contributed by atoms with Crippen molar-refractivity contribution in [2.75, 3.05) is 39.1 Å². The summed E-state index contributed by atoms with van der Waals surface area (Å²) in [6.45, 7) is 5.09. The van der Waals surface area contributed by atoms with Crippen molar-refractivity contribution in [1.29, 1.82) is 0 Å². The number of amides is 1. The van der Waals surface area contributed by atoms with Crippen molar-refractivity contribution < 1.29 is 9.53 Å². The van der Waals surface area contributed by atoms with E-state index in [1.165, 1.54) is 19.3 Å². The van der Waals surface area contributed by atoms with E-state index in [4.69, 9.17) is 4.74 Å². The normalized spacial score (nSPS) is 17.0. The Morgan fingerprint density at radius 3 is 2.46 bits per heavy atom. The molecule has 1 aliphatic heterocycles. The van der Waals surface area contributed by atoms with Gasteiger partial charge in [0.05, 0.1) is 13.2 Å². The summed E-state index contributed by atoms with van der Waals surface area (Å²) >= 11 is 0. The van der Waals surface area contributed by atoms with Gasteiger partial charge >= 0.3 is 0 Å². The third kappa shape index (κ3) is 5.96. The van der Waals surface area contributed by atoms with Crippen molar-refractivity contribution in [1.82, 2.24) is 10.2 Å². The summed E-state index contributed by atoms with van der Waals surface area (Å²) in [5, 5.41) is 6.21. The Balaban J connectivity index is 0.00000288. The van der Waals surface area contributed by atoms with Crippen LogP contribution in [0.3, 0.4) is 0 Å². The molecule has 0 aliphatic carbocycles. The summed E-state index contributed by atoms with van der Waals surface area (Å²) in [5.41, 5.74) is 0.812. The average molecular weight is 356 g/mol. The molecule has 1 aliphatic rings. The number of piperidine rings is 1. The van der Waals surface area contributed by atoms with Gasteiger partial charge in [0.25, 0.3) is 0 Å². The van der Waals surface area contributed by atoms with Crippen LogP contribution in [0, 0.1) is 5.92 Å². The molecular formula is C18H30ClN3O2. The number of benzene rings is 1. The first-order chi connectivity index (χ1) is 11.1. The number of hydrogen-bond donors (Lipinski definition) is 2. The van der Waals surface area contributed by atoms with Gasteiger partial charge in [-0.1, -0.05) is 0 Å². The zero-order chi connectivity index (χ0) is 16.7. The molecule has 2 N–H and O–H groups in total. The van der Waals surface area contributed by atoms with Crippen LogP contribution in [-0.2, 0) is 4.79 Å². The second-order valence-electron chi connectivity index (χ2n) is 6.27. The van der Waals surface area contributed by atoms with E-state index in [2.05, 4.69) is 15.5 Å². The molecule has 0 spiro atoms. The lowest BCUT2D eigenvalue weighted by Gasteiger charge is -2.35. The average Bonchev–Trinajstić information content (AvgIpc) is 2.60.